The molecule has 1 aromatic carbocycles. The van der Waals surface area contributed by atoms with Crippen molar-refractivity contribution in [2.75, 3.05) is 26.7 Å². The average Bonchev–Trinajstić information content (AvgIpc) is 3.13. The summed E-state index contributed by atoms with van der Waals surface area (Å²) in [5, 5.41) is 16.6. The van der Waals surface area contributed by atoms with E-state index in [1.54, 1.807) is 12.1 Å². The molecule has 27 heavy (non-hydrogen) atoms. The number of tetrazole rings is 1. The largest absolute Gasteiger partial charge is 0.340 e. The molecule has 2 aromatic rings. The number of likely N-dealkylation sites (tertiary alicyclic amines) is 1. The van der Waals surface area contributed by atoms with E-state index in [1.807, 2.05) is 31.0 Å². The SMILES string of the molecule is CCC(C(=O)N1CCCC(CNC)C1)n1nnc(-c2ccc(Cl)cc2)n1.Cl. The molecule has 7 nitrogen and oxygen atoms in total. The molecular weight excluding hydrogens is 387 g/mol. The predicted molar refractivity (Wildman–Crippen MR) is 108 cm³/mol. The van der Waals surface area contributed by atoms with E-state index in [1.165, 1.54) is 4.80 Å². The zero-order valence-electron chi connectivity index (χ0n) is 15.6. The summed E-state index contributed by atoms with van der Waals surface area (Å²) in [4.78, 5) is 16.4. The first-order valence-corrected chi connectivity index (χ1v) is 9.49. The second kappa shape index (κ2) is 10.0. The molecule has 9 heteroatoms. The third kappa shape index (κ3) is 5.18. The number of hydrogen-bond acceptors (Lipinski definition) is 5. The lowest BCUT2D eigenvalue weighted by Gasteiger charge is -2.34. The quantitative estimate of drug-likeness (QED) is 0.788. The third-order valence-corrected chi connectivity index (χ3v) is 5.06. The fourth-order valence-electron chi connectivity index (χ4n) is 3.44. The Hall–Kier alpha value is -1.70. The summed E-state index contributed by atoms with van der Waals surface area (Å²) in [5.74, 6) is 1.08. The van der Waals surface area contributed by atoms with Gasteiger partial charge in [-0.3, -0.25) is 4.79 Å². The lowest BCUT2D eigenvalue weighted by molar-refractivity contribution is -0.137. The zero-order chi connectivity index (χ0) is 18.5. The Balaban J connectivity index is 0.00000261. The number of nitrogens with one attached hydrogen (secondary N) is 1. The second-order valence-electron chi connectivity index (χ2n) is 6.71. The first kappa shape index (κ1) is 21.6. The number of aromatic nitrogens is 4. The van der Waals surface area contributed by atoms with Crippen molar-refractivity contribution in [3.05, 3.63) is 29.3 Å². The molecule has 0 saturated carbocycles. The van der Waals surface area contributed by atoms with Crippen LogP contribution in [0.5, 0.6) is 0 Å². The molecule has 2 unspecified atom stereocenters. The monoisotopic (exact) mass is 412 g/mol. The maximum absolute atomic E-state index is 13.0. The minimum atomic E-state index is -0.420. The molecule has 1 fully saturated rings. The van der Waals surface area contributed by atoms with E-state index in [-0.39, 0.29) is 18.3 Å². The van der Waals surface area contributed by atoms with Crippen LogP contribution < -0.4 is 5.32 Å². The summed E-state index contributed by atoms with van der Waals surface area (Å²) < 4.78 is 0. The van der Waals surface area contributed by atoms with Crippen LogP contribution in [0.1, 0.15) is 32.2 Å². The number of rotatable bonds is 6. The van der Waals surface area contributed by atoms with Crippen molar-refractivity contribution in [1.29, 1.82) is 0 Å². The third-order valence-electron chi connectivity index (χ3n) is 4.80. The van der Waals surface area contributed by atoms with Crippen LogP contribution in [0.15, 0.2) is 24.3 Å². The van der Waals surface area contributed by atoms with Crippen molar-refractivity contribution >= 4 is 29.9 Å². The van der Waals surface area contributed by atoms with Gasteiger partial charge in [-0.05, 0) is 68.3 Å². The molecule has 1 aromatic heterocycles. The molecule has 2 heterocycles. The molecule has 0 aliphatic carbocycles. The Morgan fingerprint density at radius 2 is 2.11 bits per heavy atom. The van der Waals surface area contributed by atoms with E-state index in [2.05, 4.69) is 20.7 Å². The van der Waals surface area contributed by atoms with Gasteiger partial charge in [0.2, 0.25) is 11.7 Å². The van der Waals surface area contributed by atoms with Gasteiger partial charge in [0.1, 0.15) is 0 Å². The number of halogens is 2. The Morgan fingerprint density at radius 1 is 1.37 bits per heavy atom. The summed E-state index contributed by atoms with van der Waals surface area (Å²) in [7, 11) is 1.95. The van der Waals surface area contributed by atoms with Gasteiger partial charge in [0.15, 0.2) is 6.04 Å². The number of hydrogen-bond donors (Lipinski definition) is 1. The molecule has 1 aliphatic rings. The highest BCUT2D eigenvalue weighted by Gasteiger charge is 2.30. The molecule has 1 amide bonds. The zero-order valence-corrected chi connectivity index (χ0v) is 17.2. The van der Waals surface area contributed by atoms with Crippen LogP contribution in [-0.4, -0.2) is 57.7 Å². The average molecular weight is 413 g/mol. The normalized spacial score (nSPS) is 18.0. The van der Waals surface area contributed by atoms with Gasteiger partial charge < -0.3 is 10.2 Å². The first-order valence-electron chi connectivity index (χ1n) is 9.11. The smallest absolute Gasteiger partial charge is 0.249 e. The van der Waals surface area contributed by atoms with Crippen LogP contribution in [0.2, 0.25) is 5.02 Å². The first-order chi connectivity index (χ1) is 12.6. The highest BCUT2D eigenvalue weighted by molar-refractivity contribution is 6.30. The van der Waals surface area contributed by atoms with E-state index in [9.17, 15) is 4.79 Å². The van der Waals surface area contributed by atoms with Gasteiger partial charge in [-0.1, -0.05) is 18.5 Å². The Morgan fingerprint density at radius 3 is 2.78 bits per heavy atom. The van der Waals surface area contributed by atoms with E-state index in [0.29, 0.717) is 23.2 Å². The van der Waals surface area contributed by atoms with E-state index in [0.717, 1.165) is 38.0 Å². The summed E-state index contributed by atoms with van der Waals surface area (Å²) in [6.07, 6.45) is 2.82. The molecule has 1 saturated heterocycles. The van der Waals surface area contributed by atoms with Crippen molar-refractivity contribution in [1.82, 2.24) is 30.4 Å². The lowest BCUT2D eigenvalue weighted by atomic mass is 9.97. The standard InChI is InChI=1S/C18H25ClN6O.ClH/c1-3-16(18(26)24-10-4-5-13(12-24)11-20-2)25-22-17(21-23-25)14-6-8-15(19)9-7-14;/h6-9,13,16,20H,3-5,10-12H2,1-2H3;1H. The molecule has 0 radical (unpaired) electrons. The molecule has 0 bridgehead atoms. The molecule has 1 N–H and O–H groups in total. The van der Waals surface area contributed by atoms with Crippen LogP contribution in [0, 0.1) is 5.92 Å². The second-order valence-corrected chi connectivity index (χ2v) is 7.15. The molecular formula is C18H26Cl2N6O. The summed E-state index contributed by atoms with van der Waals surface area (Å²) in [6.45, 7) is 4.50. The maximum atomic E-state index is 13.0. The lowest BCUT2D eigenvalue weighted by Crippen LogP contribution is -2.45. The van der Waals surface area contributed by atoms with Gasteiger partial charge in [0.05, 0.1) is 0 Å². The van der Waals surface area contributed by atoms with Crippen LogP contribution in [-0.2, 0) is 4.79 Å². The van der Waals surface area contributed by atoms with E-state index in [4.69, 9.17) is 11.6 Å². The number of carbonyl (C=O) groups excluding carboxylic acids is 1. The van der Waals surface area contributed by atoms with Crippen molar-refractivity contribution < 1.29 is 4.79 Å². The van der Waals surface area contributed by atoms with E-state index >= 15 is 0 Å². The number of nitrogens with zero attached hydrogens (tertiary/aromatic N) is 5. The van der Waals surface area contributed by atoms with Crippen LogP contribution in [0.4, 0.5) is 0 Å². The Kier molecular flexibility index (Phi) is 8.01. The number of carbonyl (C=O) groups is 1. The molecule has 2 atom stereocenters. The number of amides is 1. The van der Waals surface area contributed by atoms with Crippen molar-refractivity contribution in [2.45, 2.75) is 32.2 Å². The van der Waals surface area contributed by atoms with Gasteiger partial charge in [0.25, 0.3) is 0 Å². The highest BCUT2D eigenvalue weighted by atomic mass is 35.5. The van der Waals surface area contributed by atoms with Crippen molar-refractivity contribution in [2.24, 2.45) is 5.92 Å². The van der Waals surface area contributed by atoms with Crippen LogP contribution in [0.3, 0.4) is 0 Å². The van der Waals surface area contributed by atoms with Gasteiger partial charge in [0, 0.05) is 23.7 Å². The molecule has 148 valence electrons. The van der Waals surface area contributed by atoms with Gasteiger partial charge in [-0.2, -0.15) is 4.80 Å². The Labute approximate surface area is 170 Å². The molecule has 0 spiro atoms. The predicted octanol–water partition coefficient (Wildman–Crippen LogP) is 2.82. The summed E-state index contributed by atoms with van der Waals surface area (Å²) in [5.41, 5.74) is 0.829. The van der Waals surface area contributed by atoms with Crippen molar-refractivity contribution in [3.8, 4) is 11.4 Å². The fraction of sp³-hybridized carbons (Fsp3) is 0.556. The Bertz CT molecular complexity index is 734. The molecule has 3 rings (SSSR count). The topological polar surface area (TPSA) is 75.9 Å². The maximum Gasteiger partial charge on any atom is 0.249 e. The summed E-state index contributed by atoms with van der Waals surface area (Å²) in [6, 6.07) is 6.85. The molecule has 1 aliphatic heterocycles. The van der Waals surface area contributed by atoms with Gasteiger partial charge >= 0.3 is 0 Å². The summed E-state index contributed by atoms with van der Waals surface area (Å²) >= 11 is 5.92. The minimum absolute atomic E-state index is 0. The van der Waals surface area contributed by atoms with Crippen molar-refractivity contribution in [3.63, 3.8) is 0 Å². The number of piperidine rings is 1. The highest BCUT2D eigenvalue weighted by Crippen LogP contribution is 2.22. The fourth-order valence-corrected chi connectivity index (χ4v) is 3.57. The van der Waals surface area contributed by atoms with Crippen LogP contribution >= 0.6 is 24.0 Å². The van der Waals surface area contributed by atoms with Gasteiger partial charge in [-0.25, -0.2) is 0 Å². The van der Waals surface area contributed by atoms with E-state index < -0.39 is 6.04 Å². The van der Waals surface area contributed by atoms with Crippen LogP contribution in [0.25, 0.3) is 11.4 Å². The van der Waals surface area contributed by atoms with Gasteiger partial charge in [-0.15, -0.1) is 22.6 Å². The number of benzene rings is 1. The minimum Gasteiger partial charge on any atom is -0.340 e.